The molecule has 0 bridgehead atoms. The summed E-state index contributed by atoms with van der Waals surface area (Å²) in [6.45, 7) is 4.82. The minimum Gasteiger partial charge on any atom is -0.461 e. The number of hydrogen-bond acceptors (Lipinski definition) is 4. The summed E-state index contributed by atoms with van der Waals surface area (Å²) < 4.78 is 7.96. The van der Waals surface area contributed by atoms with Crippen molar-refractivity contribution in [2.24, 2.45) is 7.05 Å². The van der Waals surface area contributed by atoms with E-state index in [9.17, 15) is 0 Å². The molecule has 27 heavy (non-hydrogen) atoms. The summed E-state index contributed by atoms with van der Waals surface area (Å²) in [7, 11) is 1.96. The first-order chi connectivity index (χ1) is 13.2. The second kappa shape index (κ2) is 6.39. The van der Waals surface area contributed by atoms with Crippen molar-refractivity contribution in [1.82, 2.24) is 24.6 Å². The molecule has 1 unspecified atom stereocenters. The molecule has 1 aromatic carbocycles. The fourth-order valence-electron chi connectivity index (χ4n) is 4.23. The Morgan fingerprint density at radius 3 is 3.00 bits per heavy atom. The largest absolute Gasteiger partial charge is 0.461 e. The summed E-state index contributed by atoms with van der Waals surface area (Å²) in [6, 6.07) is 8.34. The number of rotatable bonds is 4. The predicted molar refractivity (Wildman–Crippen MR) is 103 cm³/mol. The van der Waals surface area contributed by atoms with Gasteiger partial charge in [-0.15, -0.1) is 0 Å². The Hall–Kier alpha value is -2.86. The third kappa shape index (κ3) is 2.77. The Morgan fingerprint density at radius 1 is 1.30 bits per heavy atom. The third-order valence-corrected chi connectivity index (χ3v) is 5.52. The summed E-state index contributed by atoms with van der Waals surface area (Å²) >= 11 is 0. The van der Waals surface area contributed by atoms with Crippen LogP contribution in [0.1, 0.15) is 41.1 Å². The monoisotopic (exact) mass is 361 g/mol. The van der Waals surface area contributed by atoms with Gasteiger partial charge in [-0.1, -0.05) is 25.1 Å². The van der Waals surface area contributed by atoms with Crippen LogP contribution in [0.4, 0.5) is 0 Å². The maximum atomic E-state index is 6.10. The van der Waals surface area contributed by atoms with Gasteiger partial charge in [0.1, 0.15) is 11.3 Å². The Morgan fingerprint density at radius 2 is 2.19 bits per heavy atom. The van der Waals surface area contributed by atoms with Gasteiger partial charge in [-0.05, 0) is 6.07 Å². The lowest BCUT2D eigenvalue weighted by Crippen LogP contribution is -2.34. The number of nitrogens with zero attached hydrogens (tertiary/aromatic N) is 4. The molecule has 1 atom stereocenters. The van der Waals surface area contributed by atoms with Crippen LogP contribution in [0, 0.1) is 0 Å². The standard InChI is InChI=1S/C21H23N5O/c1-3-19-17(15-6-4-5-7-20(15)27-19)11-26-10-16(14-8-24-25(2)9-14)21-18(12-26)22-13-23-21/h4-9,13,16H,3,10-12H2,1-2H3,(H,22,23). The van der Waals surface area contributed by atoms with E-state index in [4.69, 9.17) is 4.42 Å². The first-order valence-electron chi connectivity index (χ1n) is 9.45. The Labute approximate surface area is 157 Å². The third-order valence-electron chi connectivity index (χ3n) is 5.52. The normalized spacial score (nSPS) is 17.5. The van der Waals surface area contributed by atoms with Crippen molar-refractivity contribution < 1.29 is 4.42 Å². The van der Waals surface area contributed by atoms with Gasteiger partial charge in [0.05, 0.1) is 23.9 Å². The number of hydrogen-bond donors (Lipinski definition) is 1. The van der Waals surface area contributed by atoms with Crippen molar-refractivity contribution in [2.45, 2.75) is 32.4 Å². The van der Waals surface area contributed by atoms with Crippen LogP contribution in [-0.4, -0.2) is 31.2 Å². The van der Waals surface area contributed by atoms with Crippen LogP contribution in [0.25, 0.3) is 11.0 Å². The van der Waals surface area contributed by atoms with Crippen LogP contribution in [0.3, 0.4) is 0 Å². The maximum absolute atomic E-state index is 6.10. The molecule has 0 amide bonds. The summed E-state index contributed by atoms with van der Waals surface area (Å²) in [5.74, 6) is 1.32. The minimum atomic E-state index is 0.233. The molecule has 0 saturated carbocycles. The number of nitrogens with one attached hydrogen (secondary N) is 1. The van der Waals surface area contributed by atoms with E-state index in [2.05, 4.69) is 51.3 Å². The zero-order valence-electron chi connectivity index (χ0n) is 15.6. The van der Waals surface area contributed by atoms with Crippen molar-refractivity contribution in [2.75, 3.05) is 6.54 Å². The average molecular weight is 361 g/mol. The van der Waals surface area contributed by atoms with E-state index in [-0.39, 0.29) is 5.92 Å². The lowest BCUT2D eigenvalue weighted by atomic mass is 9.92. The van der Waals surface area contributed by atoms with Gasteiger partial charge in [-0.2, -0.15) is 5.10 Å². The van der Waals surface area contributed by atoms with Crippen molar-refractivity contribution >= 4 is 11.0 Å². The van der Waals surface area contributed by atoms with E-state index in [0.29, 0.717) is 0 Å². The van der Waals surface area contributed by atoms with Gasteiger partial charge in [0.25, 0.3) is 0 Å². The molecular weight excluding hydrogens is 338 g/mol. The van der Waals surface area contributed by atoms with E-state index in [1.165, 1.54) is 22.2 Å². The minimum absolute atomic E-state index is 0.233. The molecule has 1 aliphatic rings. The molecule has 1 N–H and O–H groups in total. The highest BCUT2D eigenvalue weighted by atomic mass is 16.3. The fourth-order valence-corrected chi connectivity index (χ4v) is 4.23. The summed E-state index contributed by atoms with van der Waals surface area (Å²) in [5.41, 5.74) is 5.84. The van der Waals surface area contributed by atoms with E-state index < -0.39 is 0 Å². The number of furan rings is 1. The van der Waals surface area contributed by atoms with Gasteiger partial charge >= 0.3 is 0 Å². The van der Waals surface area contributed by atoms with Gasteiger partial charge in [0, 0.05) is 61.7 Å². The first kappa shape index (κ1) is 16.3. The molecule has 0 spiro atoms. The van der Waals surface area contributed by atoms with Crippen LogP contribution in [0.2, 0.25) is 0 Å². The lowest BCUT2D eigenvalue weighted by Gasteiger charge is -2.31. The van der Waals surface area contributed by atoms with Gasteiger partial charge in [-0.25, -0.2) is 4.98 Å². The molecule has 138 valence electrons. The number of imidazole rings is 1. The zero-order valence-corrected chi connectivity index (χ0v) is 15.6. The quantitative estimate of drug-likeness (QED) is 0.603. The topological polar surface area (TPSA) is 62.9 Å². The van der Waals surface area contributed by atoms with Crippen molar-refractivity contribution in [3.05, 3.63) is 71.3 Å². The van der Waals surface area contributed by atoms with Crippen LogP contribution >= 0.6 is 0 Å². The summed E-state index contributed by atoms with van der Waals surface area (Å²) in [4.78, 5) is 10.4. The van der Waals surface area contributed by atoms with E-state index in [0.717, 1.165) is 43.1 Å². The number of benzene rings is 1. The van der Waals surface area contributed by atoms with Gasteiger partial charge in [0.15, 0.2) is 0 Å². The molecular formula is C21H23N5O. The summed E-state index contributed by atoms with van der Waals surface area (Å²) in [5, 5.41) is 5.59. The van der Waals surface area contributed by atoms with Gasteiger partial charge in [0.2, 0.25) is 0 Å². The molecule has 3 aromatic heterocycles. The summed E-state index contributed by atoms with van der Waals surface area (Å²) in [6.07, 6.45) is 6.76. The Bertz CT molecular complexity index is 1090. The molecule has 5 rings (SSSR count). The van der Waals surface area contributed by atoms with E-state index in [1.807, 2.05) is 30.3 Å². The molecule has 6 nitrogen and oxygen atoms in total. The molecule has 0 fully saturated rings. The predicted octanol–water partition coefficient (Wildman–Crippen LogP) is 3.60. The van der Waals surface area contributed by atoms with Gasteiger partial charge in [-0.3, -0.25) is 9.58 Å². The molecule has 4 heterocycles. The number of fused-ring (bicyclic) bond motifs is 2. The lowest BCUT2D eigenvalue weighted by molar-refractivity contribution is 0.227. The highest BCUT2D eigenvalue weighted by molar-refractivity contribution is 5.82. The number of aryl methyl sites for hydroxylation is 2. The molecule has 6 heteroatoms. The average Bonchev–Trinajstić information content (AvgIpc) is 3.40. The van der Waals surface area contributed by atoms with E-state index in [1.54, 1.807) is 0 Å². The van der Waals surface area contributed by atoms with Crippen LogP contribution < -0.4 is 0 Å². The smallest absolute Gasteiger partial charge is 0.134 e. The van der Waals surface area contributed by atoms with Gasteiger partial charge < -0.3 is 9.40 Å². The maximum Gasteiger partial charge on any atom is 0.134 e. The highest BCUT2D eigenvalue weighted by Crippen LogP contribution is 2.34. The van der Waals surface area contributed by atoms with Crippen molar-refractivity contribution in [1.29, 1.82) is 0 Å². The Kier molecular flexibility index (Phi) is 3.86. The number of aromatic amines is 1. The molecule has 0 radical (unpaired) electrons. The number of H-pyrrole nitrogens is 1. The fraction of sp³-hybridized carbons (Fsp3) is 0.333. The Balaban J connectivity index is 1.50. The highest BCUT2D eigenvalue weighted by Gasteiger charge is 2.30. The molecule has 1 aliphatic heterocycles. The van der Waals surface area contributed by atoms with E-state index >= 15 is 0 Å². The van der Waals surface area contributed by atoms with Crippen molar-refractivity contribution in [3.63, 3.8) is 0 Å². The first-order valence-corrected chi connectivity index (χ1v) is 9.45. The zero-order chi connectivity index (χ0) is 18.4. The van der Waals surface area contributed by atoms with Crippen LogP contribution in [-0.2, 0) is 26.6 Å². The molecule has 0 saturated heterocycles. The second-order valence-corrected chi connectivity index (χ2v) is 7.29. The van der Waals surface area contributed by atoms with Crippen molar-refractivity contribution in [3.8, 4) is 0 Å². The molecule has 4 aromatic rings. The molecule has 0 aliphatic carbocycles. The second-order valence-electron chi connectivity index (χ2n) is 7.29. The van der Waals surface area contributed by atoms with Crippen LogP contribution in [0.5, 0.6) is 0 Å². The van der Waals surface area contributed by atoms with Crippen LogP contribution in [0.15, 0.2) is 47.4 Å². The number of aromatic nitrogens is 4. The number of para-hydroxylation sites is 1. The SMILES string of the molecule is CCc1oc2ccccc2c1CN1Cc2[nH]cnc2C(c2cnn(C)c2)C1.